The minimum Gasteiger partial charge on any atom is -0.403 e. The van der Waals surface area contributed by atoms with E-state index in [1.165, 1.54) is 0 Å². The number of unbranched alkanes of at least 4 members (excludes halogenated alkanes) is 1. The van der Waals surface area contributed by atoms with Crippen molar-refractivity contribution in [1.82, 2.24) is 5.32 Å². The van der Waals surface area contributed by atoms with Crippen molar-refractivity contribution in [2.24, 2.45) is 0 Å². The van der Waals surface area contributed by atoms with Crippen molar-refractivity contribution < 1.29 is 14.1 Å². The summed E-state index contributed by atoms with van der Waals surface area (Å²) in [7, 11) is -0.135. The minimum absolute atomic E-state index is 0.131. The molecule has 0 aromatic rings. The van der Waals surface area contributed by atoms with Gasteiger partial charge in [-0.25, -0.2) is 0 Å². The first-order chi connectivity index (χ1) is 8.28. The van der Waals surface area contributed by atoms with E-state index >= 15 is 0 Å². The Labute approximate surface area is 111 Å². The second-order valence-corrected chi connectivity index (χ2v) is 5.89. The quantitative estimate of drug-likeness (QED) is 0.585. The van der Waals surface area contributed by atoms with Gasteiger partial charge in [-0.05, 0) is 47.4 Å². The van der Waals surface area contributed by atoms with Crippen LogP contribution in [-0.2, 0) is 14.1 Å². The van der Waals surface area contributed by atoms with E-state index in [1.807, 2.05) is 6.92 Å². The maximum atomic E-state index is 11.3. The second-order valence-electron chi connectivity index (χ2n) is 5.89. The van der Waals surface area contributed by atoms with Gasteiger partial charge in [-0.1, -0.05) is 6.42 Å². The fourth-order valence-corrected chi connectivity index (χ4v) is 1.97. The van der Waals surface area contributed by atoms with Gasteiger partial charge in [0.05, 0.1) is 11.2 Å². The van der Waals surface area contributed by atoms with Crippen molar-refractivity contribution in [3.05, 3.63) is 0 Å². The summed E-state index contributed by atoms with van der Waals surface area (Å²) in [6.07, 6.45) is 3.28. The average Bonchev–Trinajstić information content (AvgIpc) is 2.43. The molecular formula is C13H26BNO3. The summed E-state index contributed by atoms with van der Waals surface area (Å²) in [5.74, 6) is 0.131. The lowest BCUT2D eigenvalue weighted by Gasteiger charge is -2.32. The van der Waals surface area contributed by atoms with Gasteiger partial charge in [-0.2, -0.15) is 0 Å². The Morgan fingerprint density at radius 1 is 1.11 bits per heavy atom. The summed E-state index contributed by atoms with van der Waals surface area (Å²) in [6, 6.07) is 0. The monoisotopic (exact) mass is 255 g/mol. The van der Waals surface area contributed by atoms with Crippen LogP contribution in [0.5, 0.6) is 0 Å². The Hall–Kier alpha value is -0.545. The smallest absolute Gasteiger partial charge is 0.403 e. The molecule has 1 amide bonds. The van der Waals surface area contributed by atoms with Crippen LogP contribution >= 0.6 is 0 Å². The first kappa shape index (κ1) is 15.5. The van der Waals surface area contributed by atoms with Crippen LogP contribution in [0.3, 0.4) is 0 Å². The highest BCUT2D eigenvalue weighted by molar-refractivity contribution is 6.45. The van der Waals surface area contributed by atoms with Crippen molar-refractivity contribution in [2.75, 3.05) is 6.54 Å². The fraction of sp³-hybridized carbons (Fsp3) is 0.923. The van der Waals surface area contributed by atoms with Gasteiger partial charge in [0, 0.05) is 13.0 Å². The molecule has 5 heteroatoms. The lowest BCUT2D eigenvalue weighted by molar-refractivity contribution is -0.121. The van der Waals surface area contributed by atoms with Gasteiger partial charge in [0.15, 0.2) is 0 Å². The van der Waals surface area contributed by atoms with E-state index in [9.17, 15) is 4.79 Å². The summed E-state index contributed by atoms with van der Waals surface area (Å²) in [6.45, 7) is 10.9. The van der Waals surface area contributed by atoms with E-state index in [4.69, 9.17) is 9.31 Å². The predicted molar refractivity (Wildman–Crippen MR) is 73.4 cm³/mol. The second kappa shape index (κ2) is 6.07. The molecule has 1 saturated heterocycles. The molecule has 1 heterocycles. The molecular weight excluding hydrogens is 229 g/mol. The van der Waals surface area contributed by atoms with E-state index in [2.05, 4.69) is 33.0 Å². The van der Waals surface area contributed by atoms with Crippen molar-refractivity contribution in [1.29, 1.82) is 0 Å². The lowest BCUT2D eigenvalue weighted by atomic mass is 9.82. The standard InChI is InChI=1S/C13H26BNO3/c1-6-15-11(16)9-7-8-10-14-17-12(2,3)13(4,5)18-14/h6-10H2,1-5H3,(H,15,16). The number of carbonyl (C=O) groups excluding carboxylic acids is 1. The minimum atomic E-state index is -0.253. The summed E-state index contributed by atoms with van der Waals surface area (Å²) in [4.78, 5) is 11.3. The molecule has 0 aliphatic carbocycles. The molecule has 1 N–H and O–H groups in total. The molecule has 0 bridgehead atoms. The Morgan fingerprint density at radius 3 is 2.17 bits per heavy atom. The van der Waals surface area contributed by atoms with Gasteiger partial charge in [0.25, 0.3) is 0 Å². The number of nitrogens with one attached hydrogen (secondary N) is 1. The van der Waals surface area contributed by atoms with Crippen LogP contribution in [0.2, 0.25) is 6.32 Å². The van der Waals surface area contributed by atoms with E-state index < -0.39 is 0 Å². The molecule has 1 aliphatic rings. The number of carbonyl (C=O) groups is 1. The summed E-state index contributed by atoms with van der Waals surface area (Å²) in [5, 5.41) is 2.80. The highest BCUT2D eigenvalue weighted by atomic mass is 16.7. The topological polar surface area (TPSA) is 47.6 Å². The van der Waals surface area contributed by atoms with Gasteiger partial charge in [0.2, 0.25) is 5.91 Å². The van der Waals surface area contributed by atoms with Crippen molar-refractivity contribution >= 4 is 13.0 Å². The Bertz CT molecular complexity index is 276. The Kier molecular flexibility index (Phi) is 5.23. The van der Waals surface area contributed by atoms with Crippen LogP contribution in [0.25, 0.3) is 0 Å². The van der Waals surface area contributed by atoms with Crippen molar-refractivity contribution in [3.8, 4) is 0 Å². The molecule has 1 aliphatic heterocycles. The number of hydrogen-bond acceptors (Lipinski definition) is 3. The molecule has 0 atom stereocenters. The van der Waals surface area contributed by atoms with Crippen molar-refractivity contribution in [2.45, 2.75) is 71.4 Å². The highest BCUT2D eigenvalue weighted by Gasteiger charge is 2.50. The molecule has 18 heavy (non-hydrogen) atoms. The molecule has 0 saturated carbocycles. The molecule has 1 fully saturated rings. The van der Waals surface area contributed by atoms with Crippen LogP contribution in [0, 0.1) is 0 Å². The molecule has 1 rings (SSSR count). The Morgan fingerprint density at radius 2 is 1.67 bits per heavy atom. The molecule has 0 spiro atoms. The van der Waals surface area contributed by atoms with Crippen LogP contribution < -0.4 is 5.32 Å². The Balaban J connectivity index is 2.21. The fourth-order valence-electron chi connectivity index (χ4n) is 1.97. The number of amides is 1. The third-order valence-corrected chi connectivity index (χ3v) is 3.77. The van der Waals surface area contributed by atoms with Crippen LogP contribution in [-0.4, -0.2) is 30.8 Å². The number of hydrogen-bond donors (Lipinski definition) is 1. The zero-order valence-electron chi connectivity index (χ0n) is 12.3. The van der Waals surface area contributed by atoms with Gasteiger partial charge in [-0.3, -0.25) is 4.79 Å². The molecule has 0 unspecified atom stereocenters. The van der Waals surface area contributed by atoms with Crippen LogP contribution in [0.1, 0.15) is 53.9 Å². The van der Waals surface area contributed by atoms with Gasteiger partial charge < -0.3 is 14.6 Å². The maximum Gasteiger partial charge on any atom is 0.457 e. The lowest BCUT2D eigenvalue weighted by Crippen LogP contribution is -2.41. The van der Waals surface area contributed by atoms with E-state index in [0.29, 0.717) is 13.0 Å². The van der Waals surface area contributed by atoms with E-state index in [1.54, 1.807) is 0 Å². The zero-order valence-corrected chi connectivity index (χ0v) is 12.3. The largest absolute Gasteiger partial charge is 0.457 e. The molecule has 104 valence electrons. The first-order valence-corrected chi connectivity index (χ1v) is 6.91. The summed E-state index contributed by atoms with van der Waals surface area (Å²) >= 11 is 0. The van der Waals surface area contributed by atoms with E-state index in [-0.39, 0.29) is 24.2 Å². The zero-order chi connectivity index (χ0) is 13.8. The number of rotatable bonds is 6. The predicted octanol–water partition coefficient (Wildman–Crippen LogP) is 2.39. The third kappa shape index (κ3) is 3.99. The summed E-state index contributed by atoms with van der Waals surface area (Å²) < 4.78 is 11.8. The van der Waals surface area contributed by atoms with Crippen molar-refractivity contribution in [3.63, 3.8) is 0 Å². The van der Waals surface area contributed by atoms with Gasteiger partial charge >= 0.3 is 7.12 Å². The highest BCUT2D eigenvalue weighted by Crippen LogP contribution is 2.38. The average molecular weight is 255 g/mol. The van der Waals surface area contributed by atoms with Gasteiger partial charge in [0.1, 0.15) is 0 Å². The molecule has 0 aromatic heterocycles. The molecule has 4 nitrogen and oxygen atoms in total. The van der Waals surface area contributed by atoms with Gasteiger partial charge in [-0.15, -0.1) is 0 Å². The van der Waals surface area contributed by atoms with Crippen LogP contribution in [0.15, 0.2) is 0 Å². The normalized spacial score (nSPS) is 21.1. The van der Waals surface area contributed by atoms with E-state index in [0.717, 1.165) is 19.2 Å². The molecule has 0 radical (unpaired) electrons. The van der Waals surface area contributed by atoms with Crippen LogP contribution in [0.4, 0.5) is 0 Å². The third-order valence-electron chi connectivity index (χ3n) is 3.77. The maximum absolute atomic E-state index is 11.3. The first-order valence-electron chi connectivity index (χ1n) is 6.91. The summed E-state index contributed by atoms with van der Waals surface area (Å²) in [5.41, 5.74) is -0.505. The SMILES string of the molecule is CCNC(=O)CCCCB1OC(C)(C)C(C)(C)O1. The molecule has 0 aromatic carbocycles.